The first kappa shape index (κ1) is 17.5. The lowest BCUT2D eigenvalue weighted by Crippen LogP contribution is -2.06. The fourth-order valence-electron chi connectivity index (χ4n) is 2.35. The van der Waals surface area contributed by atoms with Crippen LogP contribution >= 0.6 is 23.2 Å². The van der Waals surface area contributed by atoms with Crippen molar-refractivity contribution in [1.82, 2.24) is 9.78 Å². The van der Waals surface area contributed by atoms with Gasteiger partial charge in [-0.15, -0.1) is 0 Å². The third kappa shape index (κ3) is 3.67. The van der Waals surface area contributed by atoms with Crippen LogP contribution in [0.25, 0.3) is 16.9 Å². The number of carbonyl (C=O) groups excluding carboxylic acids is 1. The fourth-order valence-corrected chi connectivity index (χ4v) is 2.72. The average Bonchev–Trinajstić information content (AvgIpc) is 3.03. The van der Waals surface area contributed by atoms with Crippen LogP contribution < -0.4 is 0 Å². The molecule has 0 unspecified atom stereocenters. The zero-order chi connectivity index (χ0) is 18.0. The first-order chi connectivity index (χ1) is 12.0. The average molecular weight is 379 g/mol. The van der Waals surface area contributed by atoms with Crippen LogP contribution in [-0.4, -0.2) is 22.4 Å². The van der Waals surface area contributed by atoms with Crippen LogP contribution in [0.3, 0.4) is 0 Å². The summed E-state index contributed by atoms with van der Waals surface area (Å²) >= 11 is 11.9. The molecule has 1 aromatic heterocycles. The highest BCUT2D eigenvalue weighted by Gasteiger charge is 2.18. The van der Waals surface area contributed by atoms with Gasteiger partial charge in [-0.1, -0.05) is 29.3 Å². The largest absolute Gasteiger partial charge is 0.461 e. The Balaban J connectivity index is 2.17. The normalized spacial score (nSPS) is 10.7. The van der Waals surface area contributed by atoms with E-state index in [4.69, 9.17) is 27.9 Å². The van der Waals surface area contributed by atoms with Gasteiger partial charge in [-0.05, 0) is 49.4 Å². The standard InChI is InChI=1S/C18H13Cl2FN2O2/c1-2-25-18(24)16-10-17(11-6-7-15(21)14(20)8-11)23(22-16)13-5-3-4-12(19)9-13/h3-10H,2H2,1H3. The minimum Gasteiger partial charge on any atom is -0.461 e. The molecule has 1 heterocycles. The summed E-state index contributed by atoms with van der Waals surface area (Å²) in [5.41, 5.74) is 1.96. The minimum atomic E-state index is -0.544. The van der Waals surface area contributed by atoms with E-state index in [0.717, 1.165) is 0 Å². The van der Waals surface area contributed by atoms with Crippen LogP contribution in [0, 0.1) is 5.82 Å². The summed E-state index contributed by atoms with van der Waals surface area (Å²) in [4.78, 5) is 12.1. The molecule has 3 aromatic rings. The lowest BCUT2D eigenvalue weighted by molar-refractivity contribution is 0.0519. The Kier molecular flexibility index (Phi) is 5.06. The highest BCUT2D eigenvalue weighted by Crippen LogP contribution is 2.28. The summed E-state index contributed by atoms with van der Waals surface area (Å²) < 4.78 is 20.0. The number of esters is 1. The molecule has 4 nitrogen and oxygen atoms in total. The molecule has 0 radical (unpaired) electrons. The maximum atomic E-state index is 13.5. The van der Waals surface area contributed by atoms with Gasteiger partial charge in [-0.25, -0.2) is 13.9 Å². The van der Waals surface area contributed by atoms with Gasteiger partial charge in [0.25, 0.3) is 0 Å². The smallest absolute Gasteiger partial charge is 0.358 e. The van der Waals surface area contributed by atoms with Crippen molar-refractivity contribution in [2.75, 3.05) is 6.61 Å². The Morgan fingerprint density at radius 2 is 2.00 bits per heavy atom. The molecule has 0 aliphatic heterocycles. The van der Waals surface area contributed by atoms with Gasteiger partial charge in [0.2, 0.25) is 0 Å². The molecule has 3 rings (SSSR count). The number of rotatable bonds is 4. The van der Waals surface area contributed by atoms with E-state index in [9.17, 15) is 9.18 Å². The number of halogens is 3. The van der Waals surface area contributed by atoms with Crippen LogP contribution in [0.5, 0.6) is 0 Å². The zero-order valence-electron chi connectivity index (χ0n) is 13.2. The SMILES string of the molecule is CCOC(=O)c1cc(-c2ccc(F)c(Cl)c2)n(-c2cccc(Cl)c2)n1. The number of benzene rings is 2. The minimum absolute atomic E-state index is 0.0194. The van der Waals surface area contributed by atoms with Crippen molar-refractivity contribution in [1.29, 1.82) is 0 Å². The van der Waals surface area contributed by atoms with E-state index in [1.807, 2.05) is 0 Å². The Labute approximate surface area is 153 Å². The molecule has 2 aromatic carbocycles. The van der Waals surface area contributed by atoms with Gasteiger partial charge in [-0.3, -0.25) is 0 Å². The summed E-state index contributed by atoms with van der Waals surface area (Å²) in [6, 6.07) is 12.9. The Morgan fingerprint density at radius 1 is 1.20 bits per heavy atom. The van der Waals surface area contributed by atoms with Crippen molar-refractivity contribution in [3.8, 4) is 16.9 Å². The second-order valence-electron chi connectivity index (χ2n) is 5.16. The fraction of sp³-hybridized carbons (Fsp3) is 0.111. The lowest BCUT2D eigenvalue weighted by atomic mass is 10.1. The summed E-state index contributed by atoms with van der Waals surface area (Å²) in [7, 11) is 0. The molecular weight excluding hydrogens is 366 g/mol. The topological polar surface area (TPSA) is 44.1 Å². The van der Waals surface area contributed by atoms with Gasteiger partial charge in [0, 0.05) is 10.6 Å². The lowest BCUT2D eigenvalue weighted by Gasteiger charge is -2.08. The highest BCUT2D eigenvalue weighted by molar-refractivity contribution is 6.31. The van der Waals surface area contributed by atoms with Gasteiger partial charge < -0.3 is 4.74 Å². The van der Waals surface area contributed by atoms with Gasteiger partial charge >= 0.3 is 5.97 Å². The molecule has 7 heteroatoms. The Hall–Kier alpha value is -2.37. The number of ether oxygens (including phenoxy) is 1. The molecule has 128 valence electrons. The molecule has 0 aliphatic rings. The van der Waals surface area contributed by atoms with Gasteiger partial charge in [0.05, 0.1) is 23.0 Å². The van der Waals surface area contributed by atoms with Crippen molar-refractivity contribution in [3.05, 3.63) is 70.1 Å². The number of carbonyl (C=O) groups is 1. The number of hydrogen-bond donors (Lipinski definition) is 0. The van der Waals surface area contributed by atoms with Crippen molar-refractivity contribution < 1.29 is 13.9 Å². The third-order valence-corrected chi connectivity index (χ3v) is 3.99. The summed E-state index contributed by atoms with van der Waals surface area (Å²) in [6.45, 7) is 1.95. The van der Waals surface area contributed by atoms with Crippen molar-refractivity contribution in [2.45, 2.75) is 6.92 Å². The van der Waals surface area contributed by atoms with Crippen molar-refractivity contribution in [2.24, 2.45) is 0 Å². The molecule has 0 bridgehead atoms. The molecule has 0 saturated carbocycles. The summed E-state index contributed by atoms with van der Waals surface area (Å²) in [6.07, 6.45) is 0. The maximum absolute atomic E-state index is 13.5. The van der Waals surface area contributed by atoms with Crippen LogP contribution in [-0.2, 0) is 4.74 Å². The van der Waals surface area contributed by atoms with E-state index >= 15 is 0 Å². The van der Waals surface area contributed by atoms with Gasteiger partial charge in [0.1, 0.15) is 5.82 Å². The molecule has 0 spiro atoms. The van der Waals surface area contributed by atoms with E-state index in [1.165, 1.54) is 12.1 Å². The van der Waals surface area contributed by atoms with Crippen LogP contribution in [0.1, 0.15) is 17.4 Å². The first-order valence-corrected chi connectivity index (χ1v) is 8.23. The molecule has 0 amide bonds. The van der Waals surface area contributed by atoms with Crippen LogP contribution in [0.15, 0.2) is 48.5 Å². The summed E-state index contributed by atoms with van der Waals surface area (Å²) in [5, 5.41) is 4.82. The number of nitrogens with zero attached hydrogens (tertiary/aromatic N) is 2. The predicted molar refractivity (Wildman–Crippen MR) is 94.9 cm³/mol. The number of hydrogen-bond acceptors (Lipinski definition) is 3. The Bertz CT molecular complexity index is 941. The Morgan fingerprint density at radius 3 is 2.68 bits per heavy atom. The van der Waals surface area contributed by atoms with Crippen molar-refractivity contribution >= 4 is 29.2 Å². The second-order valence-corrected chi connectivity index (χ2v) is 6.00. The van der Waals surface area contributed by atoms with Crippen LogP contribution in [0.4, 0.5) is 4.39 Å². The molecule has 25 heavy (non-hydrogen) atoms. The molecule has 0 fully saturated rings. The highest BCUT2D eigenvalue weighted by atomic mass is 35.5. The van der Waals surface area contributed by atoms with Crippen molar-refractivity contribution in [3.63, 3.8) is 0 Å². The van der Waals surface area contributed by atoms with E-state index in [0.29, 0.717) is 22.0 Å². The van der Waals surface area contributed by atoms with Crippen LogP contribution in [0.2, 0.25) is 10.0 Å². The van der Waals surface area contributed by atoms with Gasteiger partial charge in [0.15, 0.2) is 5.69 Å². The van der Waals surface area contributed by atoms with E-state index < -0.39 is 11.8 Å². The van der Waals surface area contributed by atoms with E-state index in [1.54, 1.807) is 48.0 Å². The molecular formula is C18H13Cl2FN2O2. The molecule has 0 atom stereocenters. The van der Waals surface area contributed by atoms with E-state index in [2.05, 4.69) is 5.10 Å². The van der Waals surface area contributed by atoms with Gasteiger partial charge in [-0.2, -0.15) is 5.10 Å². The quantitative estimate of drug-likeness (QED) is 0.588. The number of aromatic nitrogens is 2. The summed E-state index contributed by atoms with van der Waals surface area (Å²) in [5.74, 6) is -1.07. The maximum Gasteiger partial charge on any atom is 0.358 e. The third-order valence-electron chi connectivity index (χ3n) is 3.46. The second kappa shape index (κ2) is 7.25. The van der Waals surface area contributed by atoms with E-state index in [-0.39, 0.29) is 17.3 Å². The first-order valence-electron chi connectivity index (χ1n) is 7.48. The monoisotopic (exact) mass is 378 g/mol. The molecule has 0 N–H and O–H groups in total. The molecule has 0 saturated heterocycles. The molecule has 0 aliphatic carbocycles. The predicted octanol–water partition coefficient (Wildman–Crippen LogP) is 5.16. The zero-order valence-corrected chi connectivity index (χ0v) is 14.7.